The summed E-state index contributed by atoms with van der Waals surface area (Å²) in [5, 5.41) is 0. The van der Waals surface area contributed by atoms with Crippen molar-refractivity contribution in [1.82, 2.24) is 4.98 Å². The molecule has 0 fully saturated rings. The Kier molecular flexibility index (Phi) is 2.69. The maximum atomic E-state index is 12.9. The molecule has 0 unspecified atom stereocenters. The number of rotatable bonds is 2. The first-order valence-corrected chi connectivity index (χ1v) is 4.60. The van der Waals surface area contributed by atoms with E-state index in [0.717, 1.165) is 12.1 Å². The summed E-state index contributed by atoms with van der Waals surface area (Å²) in [6.45, 7) is 8.12. The maximum Gasteiger partial charge on any atom is 0.144 e. The molecule has 0 bridgehead atoms. The predicted octanol–water partition coefficient (Wildman–Crippen LogP) is 3.22. The van der Waals surface area contributed by atoms with Gasteiger partial charge in [-0.2, -0.15) is 0 Å². The fraction of sp³-hybridized carbons (Fsp3) is 0.545. The third kappa shape index (κ3) is 2.06. The second-order valence-corrected chi connectivity index (χ2v) is 4.06. The number of halogens is 1. The SMILES string of the molecule is CCC(C)(C)c1cc(C)c(F)cn1. The van der Waals surface area contributed by atoms with E-state index in [2.05, 4.69) is 25.8 Å². The summed E-state index contributed by atoms with van der Waals surface area (Å²) in [4.78, 5) is 4.11. The summed E-state index contributed by atoms with van der Waals surface area (Å²) in [5.74, 6) is -0.226. The van der Waals surface area contributed by atoms with Crippen LogP contribution in [0.25, 0.3) is 0 Å². The first-order chi connectivity index (χ1) is 5.97. The van der Waals surface area contributed by atoms with Crippen LogP contribution < -0.4 is 0 Å². The Balaban J connectivity index is 3.10. The highest BCUT2D eigenvalue weighted by atomic mass is 19.1. The Hall–Kier alpha value is -0.920. The zero-order valence-electron chi connectivity index (χ0n) is 8.69. The molecule has 0 aromatic carbocycles. The van der Waals surface area contributed by atoms with E-state index in [1.54, 1.807) is 6.92 Å². The van der Waals surface area contributed by atoms with Gasteiger partial charge in [0, 0.05) is 11.1 Å². The Labute approximate surface area is 79.0 Å². The minimum Gasteiger partial charge on any atom is -0.258 e. The molecule has 1 aromatic rings. The van der Waals surface area contributed by atoms with Crippen LogP contribution in [0.5, 0.6) is 0 Å². The van der Waals surface area contributed by atoms with Gasteiger partial charge in [-0.3, -0.25) is 4.98 Å². The normalized spacial score (nSPS) is 11.8. The van der Waals surface area contributed by atoms with Crippen LogP contribution in [-0.4, -0.2) is 4.98 Å². The smallest absolute Gasteiger partial charge is 0.144 e. The molecule has 0 aliphatic heterocycles. The maximum absolute atomic E-state index is 12.9. The average Bonchev–Trinajstić information content (AvgIpc) is 2.09. The van der Waals surface area contributed by atoms with Gasteiger partial charge < -0.3 is 0 Å². The van der Waals surface area contributed by atoms with Crippen molar-refractivity contribution in [2.45, 2.75) is 39.5 Å². The lowest BCUT2D eigenvalue weighted by atomic mass is 9.85. The monoisotopic (exact) mass is 181 g/mol. The van der Waals surface area contributed by atoms with Gasteiger partial charge in [0.05, 0.1) is 6.20 Å². The molecule has 0 aliphatic carbocycles. The first kappa shape index (κ1) is 10.2. The van der Waals surface area contributed by atoms with E-state index in [4.69, 9.17) is 0 Å². The van der Waals surface area contributed by atoms with Crippen molar-refractivity contribution in [3.8, 4) is 0 Å². The van der Waals surface area contributed by atoms with Crippen LogP contribution in [0.1, 0.15) is 38.4 Å². The second kappa shape index (κ2) is 3.44. The van der Waals surface area contributed by atoms with Crippen LogP contribution >= 0.6 is 0 Å². The van der Waals surface area contributed by atoms with Gasteiger partial charge in [0.2, 0.25) is 0 Å². The van der Waals surface area contributed by atoms with Crippen LogP contribution in [0.3, 0.4) is 0 Å². The number of hydrogen-bond acceptors (Lipinski definition) is 1. The van der Waals surface area contributed by atoms with Gasteiger partial charge in [-0.25, -0.2) is 4.39 Å². The van der Waals surface area contributed by atoms with Crippen molar-refractivity contribution in [3.05, 3.63) is 29.3 Å². The number of pyridine rings is 1. The fourth-order valence-electron chi connectivity index (χ4n) is 1.09. The highest BCUT2D eigenvalue weighted by molar-refractivity contribution is 5.21. The second-order valence-electron chi connectivity index (χ2n) is 4.06. The van der Waals surface area contributed by atoms with Crippen LogP contribution in [0.15, 0.2) is 12.3 Å². The number of aromatic nitrogens is 1. The molecule has 72 valence electrons. The summed E-state index contributed by atoms with van der Waals surface area (Å²) >= 11 is 0. The molecule has 0 saturated carbocycles. The van der Waals surface area contributed by atoms with Gasteiger partial charge in [0.1, 0.15) is 5.82 Å². The lowest BCUT2D eigenvalue weighted by Gasteiger charge is -2.22. The zero-order chi connectivity index (χ0) is 10.1. The standard InChI is InChI=1S/C11H16FN/c1-5-11(3,4)10-6-8(2)9(12)7-13-10/h6-7H,5H2,1-4H3. The molecule has 1 heterocycles. The molecule has 0 aliphatic rings. The highest BCUT2D eigenvalue weighted by Crippen LogP contribution is 2.25. The summed E-state index contributed by atoms with van der Waals surface area (Å²) < 4.78 is 12.9. The van der Waals surface area contributed by atoms with E-state index in [9.17, 15) is 4.39 Å². The van der Waals surface area contributed by atoms with E-state index < -0.39 is 0 Å². The van der Waals surface area contributed by atoms with Gasteiger partial charge in [-0.05, 0) is 25.0 Å². The largest absolute Gasteiger partial charge is 0.258 e. The molecule has 0 N–H and O–H groups in total. The van der Waals surface area contributed by atoms with Crippen molar-refractivity contribution in [3.63, 3.8) is 0 Å². The summed E-state index contributed by atoms with van der Waals surface area (Å²) in [6, 6.07) is 1.83. The molecular weight excluding hydrogens is 165 g/mol. The minimum absolute atomic E-state index is 0.0401. The van der Waals surface area contributed by atoms with Gasteiger partial charge in [0.25, 0.3) is 0 Å². The Bertz CT molecular complexity index is 305. The van der Waals surface area contributed by atoms with Crippen molar-refractivity contribution < 1.29 is 4.39 Å². The van der Waals surface area contributed by atoms with Crippen molar-refractivity contribution >= 4 is 0 Å². The minimum atomic E-state index is -0.226. The molecule has 0 atom stereocenters. The molecule has 1 rings (SSSR count). The fourth-order valence-corrected chi connectivity index (χ4v) is 1.09. The van der Waals surface area contributed by atoms with Gasteiger partial charge in [0.15, 0.2) is 0 Å². The van der Waals surface area contributed by atoms with Crippen LogP contribution in [0.4, 0.5) is 4.39 Å². The van der Waals surface area contributed by atoms with E-state index in [1.165, 1.54) is 6.20 Å². The van der Waals surface area contributed by atoms with Gasteiger partial charge in [-0.15, -0.1) is 0 Å². The number of nitrogens with zero attached hydrogens (tertiary/aromatic N) is 1. The van der Waals surface area contributed by atoms with Crippen molar-refractivity contribution in [2.75, 3.05) is 0 Å². The molecule has 1 nitrogen and oxygen atoms in total. The Morgan fingerprint density at radius 1 is 1.46 bits per heavy atom. The van der Waals surface area contributed by atoms with E-state index in [1.807, 2.05) is 6.07 Å². The average molecular weight is 181 g/mol. The zero-order valence-corrected chi connectivity index (χ0v) is 8.69. The molecule has 13 heavy (non-hydrogen) atoms. The van der Waals surface area contributed by atoms with Crippen molar-refractivity contribution in [2.24, 2.45) is 0 Å². The Morgan fingerprint density at radius 2 is 2.08 bits per heavy atom. The van der Waals surface area contributed by atoms with Crippen LogP contribution in [0, 0.1) is 12.7 Å². The van der Waals surface area contributed by atoms with E-state index in [0.29, 0.717) is 5.56 Å². The first-order valence-electron chi connectivity index (χ1n) is 4.60. The van der Waals surface area contributed by atoms with Gasteiger partial charge >= 0.3 is 0 Å². The van der Waals surface area contributed by atoms with E-state index >= 15 is 0 Å². The molecule has 1 aromatic heterocycles. The molecule has 0 spiro atoms. The quantitative estimate of drug-likeness (QED) is 0.682. The van der Waals surface area contributed by atoms with Gasteiger partial charge in [-0.1, -0.05) is 20.8 Å². The lowest BCUT2D eigenvalue weighted by Crippen LogP contribution is -2.17. The summed E-state index contributed by atoms with van der Waals surface area (Å²) in [5.41, 5.74) is 1.68. The van der Waals surface area contributed by atoms with E-state index in [-0.39, 0.29) is 11.2 Å². The predicted molar refractivity (Wildman–Crippen MR) is 52.2 cm³/mol. The summed E-state index contributed by atoms with van der Waals surface area (Å²) in [7, 11) is 0. The Morgan fingerprint density at radius 3 is 2.54 bits per heavy atom. The number of hydrogen-bond donors (Lipinski definition) is 0. The molecule has 0 radical (unpaired) electrons. The molecule has 2 heteroatoms. The lowest BCUT2D eigenvalue weighted by molar-refractivity contribution is 0.485. The van der Waals surface area contributed by atoms with Crippen molar-refractivity contribution in [1.29, 1.82) is 0 Å². The summed E-state index contributed by atoms with van der Waals surface area (Å²) in [6.07, 6.45) is 2.31. The van der Waals surface area contributed by atoms with Crippen LogP contribution in [0.2, 0.25) is 0 Å². The molecule has 0 amide bonds. The van der Waals surface area contributed by atoms with Crippen LogP contribution in [-0.2, 0) is 5.41 Å². The highest BCUT2D eigenvalue weighted by Gasteiger charge is 2.20. The molecule has 0 saturated heterocycles. The molecular formula is C11H16FN. The number of aryl methyl sites for hydroxylation is 1. The third-order valence-electron chi connectivity index (χ3n) is 2.62. The third-order valence-corrected chi connectivity index (χ3v) is 2.62. The topological polar surface area (TPSA) is 12.9 Å².